The van der Waals surface area contributed by atoms with Gasteiger partial charge in [-0.05, 0) is 42.5 Å². The van der Waals surface area contributed by atoms with Crippen LogP contribution in [0.3, 0.4) is 0 Å². The van der Waals surface area contributed by atoms with E-state index in [1.54, 1.807) is 18.2 Å². The molecule has 158 valence electrons. The second kappa shape index (κ2) is 8.85. The van der Waals surface area contributed by atoms with Crippen LogP contribution in [0.25, 0.3) is 11.4 Å². The van der Waals surface area contributed by atoms with Crippen molar-refractivity contribution in [3.63, 3.8) is 0 Å². The van der Waals surface area contributed by atoms with Crippen LogP contribution in [0.15, 0.2) is 47.0 Å². The number of hydrogen-bond donors (Lipinski definition) is 1. The van der Waals surface area contributed by atoms with Crippen LogP contribution in [0.4, 0.5) is 13.2 Å². The summed E-state index contributed by atoms with van der Waals surface area (Å²) >= 11 is 0. The fourth-order valence-corrected chi connectivity index (χ4v) is 2.64. The van der Waals surface area contributed by atoms with Gasteiger partial charge in [0.2, 0.25) is 11.7 Å². The molecule has 0 fully saturated rings. The minimum atomic E-state index is -4.45. The lowest BCUT2D eigenvalue weighted by Gasteiger charge is -2.08. The van der Waals surface area contributed by atoms with E-state index in [1.165, 1.54) is 14.2 Å². The molecule has 0 saturated heterocycles. The number of amides is 1. The number of aromatic nitrogens is 2. The number of nitrogens with zero attached hydrogens (tertiary/aromatic N) is 2. The quantitative estimate of drug-likeness (QED) is 0.626. The average Bonchev–Trinajstić information content (AvgIpc) is 3.21. The molecule has 10 heteroatoms. The summed E-state index contributed by atoms with van der Waals surface area (Å²) in [6, 6.07) is 9.15. The van der Waals surface area contributed by atoms with E-state index in [2.05, 4.69) is 15.5 Å². The monoisotopic (exact) mass is 421 g/mol. The highest BCUT2D eigenvalue weighted by Crippen LogP contribution is 2.31. The van der Waals surface area contributed by atoms with Crippen molar-refractivity contribution in [2.75, 3.05) is 20.8 Å². The van der Waals surface area contributed by atoms with E-state index in [0.717, 1.165) is 24.3 Å². The fraction of sp³-hybridized carbons (Fsp3) is 0.250. The molecule has 0 aliphatic carbocycles. The smallest absolute Gasteiger partial charge is 0.416 e. The molecule has 0 spiro atoms. The van der Waals surface area contributed by atoms with Gasteiger partial charge in [0.1, 0.15) is 0 Å². The van der Waals surface area contributed by atoms with Gasteiger partial charge >= 0.3 is 6.18 Å². The first-order valence-corrected chi connectivity index (χ1v) is 8.82. The number of methoxy groups -OCH3 is 2. The number of nitrogens with one attached hydrogen (secondary N) is 1. The summed E-state index contributed by atoms with van der Waals surface area (Å²) in [7, 11) is 3.05. The zero-order chi connectivity index (χ0) is 21.7. The zero-order valence-electron chi connectivity index (χ0n) is 16.1. The molecule has 30 heavy (non-hydrogen) atoms. The third-order valence-corrected chi connectivity index (χ3v) is 4.21. The Bertz CT molecular complexity index is 1020. The summed E-state index contributed by atoms with van der Waals surface area (Å²) in [4.78, 5) is 16.3. The SMILES string of the molecule is COc1ccc(-c2noc(CCNC(=O)c3ccc(C(F)(F)F)cc3)n2)cc1OC. The number of benzene rings is 2. The number of carbonyl (C=O) groups is 1. The van der Waals surface area contributed by atoms with Gasteiger partial charge < -0.3 is 19.3 Å². The summed E-state index contributed by atoms with van der Waals surface area (Å²) < 4.78 is 53.3. The molecule has 3 rings (SSSR count). The first kappa shape index (κ1) is 21.2. The summed E-state index contributed by atoms with van der Waals surface area (Å²) in [5.74, 6) is 1.23. The molecule has 2 aromatic carbocycles. The van der Waals surface area contributed by atoms with Gasteiger partial charge in [0.25, 0.3) is 5.91 Å². The maximum Gasteiger partial charge on any atom is 0.416 e. The van der Waals surface area contributed by atoms with E-state index in [9.17, 15) is 18.0 Å². The number of rotatable bonds is 7. The van der Waals surface area contributed by atoms with Crippen molar-refractivity contribution in [2.45, 2.75) is 12.6 Å². The van der Waals surface area contributed by atoms with Gasteiger partial charge in [-0.25, -0.2) is 0 Å². The van der Waals surface area contributed by atoms with E-state index in [1.807, 2.05) is 0 Å². The zero-order valence-corrected chi connectivity index (χ0v) is 16.1. The third kappa shape index (κ3) is 4.88. The van der Waals surface area contributed by atoms with Gasteiger partial charge in [0, 0.05) is 24.1 Å². The Kier molecular flexibility index (Phi) is 6.24. The maximum atomic E-state index is 12.6. The van der Waals surface area contributed by atoms with Crippen LogP contribution in [0, 0.1) is 0 Å². The Labute approximate surface area is 169 Å². The van der Waals surface area contributed by atoms with Gasteiger partial charge in [-0.1, -0.05) is 5.16 Å². The lowest BCUT2D eigenvalue weighted by atomic mass is 10.1. The van der Waals surface area contributed by atoms with Crippen LogP contribution < -0.4 is 14.8 Å². The second-order valence-electron chi connectivity index (χ2n) is 6.16. The highest BCUT2D eigenvalue weighted by Gasteiger charge is 2.30. The molecule has 0 unspecified atom stereocenters. The number of halogens is 3. The normalized spacial score (nSPS) is 11.2. The second-order valence-corrected chi connectivity index (χ2v) is 6.16. The van der Waals surface area contributed by atoms with Gasteiger partial charge in [-0.2, -0.15) is 18.2 Å². The third-order valence-electron chi connectivity index (χ3n) is 4.21. The molecule has 0 aliphatic rings. The first-order chi connectivity index (χ1) is 14.3. The van der Waals surface area contributed by atoms with Crippen molar-refractivity contribution in [2.24, 2.45) is 0 Å². The number of carbonyl (C=O) groups excluding carboxylic acids is 1. The minimum Gasteiger partial charge on any atom is -0.493 e. The summed E-state index contributed by atoms with van der Waals surface area (Å²) in [6.07, 6.45) is -4.19. The molecular formula is C20H18F3N3O4. The molecule has 0 radical (unpaired) electrons. The maximum absolute atomic E-state index is 12.6. The number of ether oxygens (including phenoxy) is 2. The Morgan fingerprint density at radius 2 is 1.77 bits per heavy atom. The highest BCUT2D eigenvalue weighted by molar-refractivity contribution is 5.94. The predicted octanol–water partition coefficient (Wildman–Crippen LogP) is 3.75. The lowest BCUT2D eigenvalue weighted by molar-refractivity contribution is -0.137. The van der Waals surface area contributed by atoms with Crippen LogP contribution in [-0.4, -0.2) is 36.8 Å². The van der Waals surface area contributed by atoms with E-state index in [0.29, 0.717) is 28.8 Å². The molecule has 1 aromatic heterocycles. The summed E-state index contributed by atoms with van der Waals surface area (Å²) in [5.41, 5.74) is -0.0245. The molecular weight excluding hydrogens is 403 g/mol. The van der Waals surface area contributed by atoms with Gasteiger partial charge in [0.15, 0.2) is 11.5 Å². The van der Waals surface area contributed by atoms with E-state index in [4.69, 9.17) is 14.0 Å². The molecule has 0 aliphatic heterocycles. The minimum absolute atomic E-state index is 0.125. The van der Waals surface area contributed by atoms with Gasteiger partial charge in [-0.3, -0.25) is 4.79 Å². The molecule has 1 amide bonds. The standard InChI is InChI=1S/C20H18F3N3O4/c1-28-15-8-5-13(11-16(15)29-2)18-25-17(30-26-18)9-10-24-19(27)12-3-6-14(7-4-12)20(21,22)23/h3-8,11H,9-10H2,1-2H3,(H,24,27). The Morgan fingerprint density at radius 3 is 2.40 bits per heavy atom. The van der Waals surface area contributed by atoms with Crippen LogP contribution in [0.1, 0.15) is 21.8 Å². The summed E-state index contributed by atoms with van der Waals surface area (Å²) in [6.45, 7) is 0.174. The molecule has 0 saturated carbocycles. The summed E-state index contributed by atoms with van der Waals surface area (Å²) in [5, 5.41) is 6.51. The van der Waals surface area contributed by atoms with Crippen LogP contribution in [0.5, 0.6) is 11.5 Å². The Balaban J connectivity index is 1.57. The van der Waals surface area contributed by atoms with Crippen LogP contribution in [-0.2, 0) is 12.6 Å². The largest absolute Gasteiger partial charge is 0.493 e. The first-order valence-electron chi connectivity index (χ1n) is 8.82. The topological polar surface area (TPSA) is 86.5 Å². The molecule has 0 bridgehead atoms. The average molecular weight is 421 g/mol. The van der Waals surface area contributed by atoms with Gasteiger partial charge in [-0.15, -0.1) is 0 Å². The van der Waals surface area contributed by atoms with Crippen molar-refractivity contribution in [3.8, 4) is 22.9 Å². The molecule has 7 nitrogen and oxygen atoms in total. The highest BCUT2D eigenvalue weighted by atomic mass is 19.4. The molecule has 1 heterocycles. The Hall–Kier alpha value is -3.56. The van der Waals surface area contributed by atoms with E-state index in [-0.39, 0.29) is 18.5 Å². The van der Waals surface area contributed by atoms with Gasteiger partial charge in [0.05, 0.1) is 19.8 Å². The van der Waals surface area contributed by atoms with Crippen molar-refractivity contribution in [3.05, 3.63) is 59.5 Å². The molecule has 1 N–H and O–H groups in total. The number of hydrogen-bond acceptors (Lipinski definition) is 6. The predicted molar refractivity (Wildman–Crippen MR) is 100 cm³/mol. The van der Waals surface area contributed by atoms with Crippen molar-refractivity contribution >= 4 is 5.91 Å². The van der Waals surface area contributed by atoms with Crippen LogP contribution >= 0.6 is 0 Å². The fourth-order valence-electron chi connectivity index (χ4n) is 2.64. The van der Waals surface area contributed by atoms with E-state index < -0.39 is 17.6 Å². The van der Waals surface area contributed by atoms with E-state index >= 15 is 0 Å². The van der Waals surface area contributed by atoms with Crippen molar-refractivity contribution in [1.82, 2.24) is 15.5 Å². The van der Waals surface area contributed by atoms with Crippen molar-refractivity contribution < 1.29 is 32.0 Å². The van der Waals surface area contributed by atoms with Crippen LogP contribution in [0.2, 0.25) is 0 Å². The van der Waals surface area contributed by atoms with Crippen molar-refractivity contribution in [1.29, 1.82) is 0 Å². The Morgan fingerprint density at radius 1 is 1.07 bits per heavy atom. The molecule has 0 atom stereocenters. The number of alkyl halides is 3. The lowest BCUT2D eigenvalue weighted by Crippen LogP contribution is -2.25. The molecule has 3 aromatic rings.